The highest BCUT2D eigenvalue weighted by molar-refractivity contribution is 6.06. The number of carbonyl (C=O) groups excluding carboxylic acids is 1. The number of fused-ring (bicyclic) bond motifs is 1. The van der Waals surface area contributed by atoms with Gasteiger partial charge in [-0.25, -0.2) is 0 Å². The number of para-hydroxylation sites is 1. The second-order valence-electron chi connectivity index (χ2n) is 6.26. The Morgan fingerprint density at radius 2 is 1.75 bits per heavy atom. The fourth-order valence-electron chi connectivity index (χ4n) is 2.74. The van der Waals surface area contributed by atoms with E-state index < -0.39 is 0 Å². The van der Waals surface area contributed by atoms with Crippen LogP contribution < -0.4 is 5.32 Å². The van der Waals surface area contributed by atoms with Crippen molar-refractivity contribution in [1.82, 2.24) is 10.3 Å². The maximum absolute atomic E-state index is 12.7. The first-order chi connectivity index (χ1) is 11.6. The third kappa shape index (κ3) is 3.62. The van der Waals surface area contributed by atoms with Gasteiger partial charge in [0, 0.05) is 17.6 Å². The van der Waals surface area contributed by atoms with Gasteiger partial charge in [-0.15, -0.1) is 0 Å². The van der Waals surface area contributed by atoms with Crippen molar-refractivity contribution in [3.63, 3.8) is 0 Å². The quantitative estimate of drug-likeness (QED) is 0.761. The number of pyridine rings is 1. The fourth-order valence-corrected chi connectivity index (χ4v) is 2.74. The van der Waals surface area contributed by atoms with E-state index in [2.05, 4.69) is 36.3 Å². The van der Waals surface area contributed by atoms with E-state index >= 15 is 0 Å². The number of hydrogen-bond acceptors (Lipinski definition) is 2. The highest BCUT2D eigenvalue weighted by Crippen LogP contribution is 2.22. The number of rotatable bonds is 5. The molecule has 2 aromatic carbocycles. The smallest absolute Gasteiger partial charge is 0.252 e. The molecule has 0 saturated carbocycles. The lowest BCUT2D eigenvalue weighted by Gasteiger charge is -2.12. The van der Waals surface area contributed by atoms with E-state index in [1.54, 1.807) is 0 Å². The minimum atomic E-state index is -0.0357. The molecule has 1 amide bonds. The van der Waals surface area contributed by atoms with Gasteiger partial charge in [0.05, 0.1) is 11.1 Å². The molecular weight excluding hydrogens is 296 g/mol. The van der Waals surface area contributed by atoms with E-state index in [1.807, 2.05) is 48.5 Å². The number of aromatic nitrogens is 1. The molecule has 122 valence electrons. The van der Waals surface area contributed by atoms with Gasteiger partial charge >= 0.3 is 0 Å². The number of carbonyl (C=O) groups is 1. The Morgan fingerprint density at radius 1 is 1.04 bits per heavy atom. The minimum absolute atomic E-state index is 0.0357. The zero-order chi connectivity index (χ0) is 16.9. The molecule has 0 aliphatic carbocycles. The van der Waals surface area contributed by atoms with Crippen molar-refractivity contribution >= 4 is 16.8 Å². The zero-order valence-electron chi connectivity index (χ0n) is 14.1. The molecule has 0 atom stereocenters. The van der Waals surface area contributed by atoms with Crippen molar-refractivity contribution in [3.05, 3.63) is 77.5 Å². The monoisotopic (exact) mass is 318 g/mol. The number of hydrogen-bond donors (Lipinski definition) is 1. The summed E-state index contributed by atoms with van der Waals surface area (Å²) in [5.74, 6) is 0.247. The summed E-state index contributed by atoms with van der Waals surface area (Å²) >= 11 is 0. The molecule has 0 radical (unpaired) electrons. The molecule has 3 heteroatoms. The van der Waals surface area contributed by atoms with Crippen LogP contribution in [0.1, 0.15) is 41.4 Å². The standard InChI is InChI=1S/C21H22N2O/c1-15(2)20-14-18(17-10-6-7-11-19(17)23-20)21(24)22-13-12-16-8-4-3-5-9-16/h3-11,14-15H,12-13H2,1-2H3,(H,22,24). The predicted molar refractivity (Wildman–Crippen MR) is 98.3 cm³/mol. The lowest BCUT2D eigenvalue weighted by atomic mass is 10.0. The van der Waals surface area contributed by atoms with Crippen LogP contribution in [0, 0.1) is 0 Å². The van der Waals surface area contributed by atoms with Crippen molar-refractivity contribution in [2.75, 3.05) is 6.54 Å². The maximum atomic E-state index is 12.7. The highest BCUT2D eigenvalue weighted by atomic mass is 16.1. The van der Waals surface area contributed by atoms with Gasteiger partial charge in [0.1, 0.15) is 0 Å². The zero-order valence-corrected chi connectivity index (χ0v) is 14.1. The van der Waals surface area contributed by atoms with E-state index in [0.717, 1.165) is 23.0 Å². The molecule has 0 saturated heterocycles. The number of nitrogens with one attached hydrogen (secondary N) is 1. The Kier molecular flexibility index (Phi) is 4.90. The van der Waals surface area contributed by atoms with Gasteiger partial charge in [0.25, 0.3) is 5.91 Å². The SMILES string of the molecule is CC(C)c1cc(C(=O)NCCc2ccccc2)c2ccccc2n1. The average Bonchev–Trinajstić information content (AvgIpc) is 2.61. The summed E-state index contributed by atoms with van der Waals surface area (Å²) in [4.78, 5) is 17.4. The molecule has 0 spiro atoms. The molecule has 1 N–H and O–H groups in total. The van der Waals surface area contributed by atoms with Gasteiger partial charge in [-0.3, -0.25) is 9.78 Å². The molecule has 0 fully saturated rings. The molecule has 0 bridgehead atoms. The van der Waals surface area contributed by atoms with Crippen LogP contribution in [0.2, 0.25) is 0 Å². The number of benzene rings is 2. The Labute approximate surface area is 142 Å². The van der Waals surface area contributed by atoms with Gasteiger partial charge in [-0.2, -0.15) is 0 Å². The molecule has 1 heterocycles. The van der Waals surface area contributed by atoms with Crippen molar-refractivity contribution in [2.45, 2.75) is 26.2 Å². The molecule has 0 aliphatic rings. The summed E-state index contributed by atoms with van der Waals surface area (Å²) in [6, 6.07) is 19.9. The second kappa shape index (κ2) is 7.26. The van der Waals surface area contributed by atoms with Crippen LogP contribution in [0.15, 0.2) is 60.7 Å². The van der Waals surface area contributed by atoms with Gasteiger partial charge in [-0.1, -0.05) is 62.4 Å². The van der Waals surface area contributed by atoms with Crippen LogP contribution in [-0.2, 0) is 6.42 Å². The molecule has 0 aliphatic heterocycles. The van der Waals surface area contributed by atoms with Gasteiger partial charge in [-0.05, 0) is 30.0 Å². The van der Waals surface area contributed by atoms with Crippen LogP contribution >= 0.6 is 0 Å². The van der Waals surface area contributed by atoms with E-state index in [-0.39, 0.29) is 11.8 Å². The van der Waals surface area contributed by atoms with Crippen molar-refractivity contribution < 1.29 is 4.79 Å². The van der Waals surface area contributed by atoms with Crippen LogP contribution in [-0.4, -0.2) is 17.4 Å². The summed E-state index contributed by atoms with van der Waals surface area (Å²) < 4.78 is 0. The van der Waals surface area contributed by atoms with Gasteiger partial charge in [0.2, 0.25) is 0 Å². The van der Waals surface area contributed by atoms with Gasteiger partial charge in [0.15, 0.2) is 0 Å². The van der Waals surface area contributed by atoms with E-state index in [4.69, 9.17) is 0 Å². The van der Waals surface area contributed by atoms with Crippen molar-refractivity contribution in [2.24, 2.45) is 0 Å². The second-order valence-corrected chi connectivity index (χ2v) is 6.26. The Morgan fingerprint density at radius 3 is 2.50 bits per heavy atom. The molecule has 3 nitrogen and oxygen atoms in total. The topological polar surface area (TPSA) is 42.0 Å². The van der Waals surface area contributed by atoms with E-state index in [9.17, 15) is 4.79 Å². The van der Waals surface area contributed by atoms with E-state index in [0.29, 0.717) is 12.1 Å². The Hall–Kier alpha value is -2.68. The molecule has 3 aromatic rings. The Balaban J connectivity index is 1.81. The maximum Gasteiger partial charge on any atom is 0.252 e. The molecule has 0 unspecified atom stereocenters. The van der Waals surface area contributed by atoms with Crippen LogP contribution in [0.25, 0.3) is 10.9 Å². The minimum Gasteiger partial charge on any atom is -0.352 e. The summed E-state index contributed by atoms with van der Waals surface area (Å²) in [6.07, 6.45) is 0.826. The van der Waals surface area contributed by atoms with Crippen molar-refractivity contribution in [1.29, 1.82) is 0 Å². The summed E-state index contributed by atoms with van der Waals surface area (Å²) in [5, 5.41) is 3.94. The van der Waals surface area contributed by atoms with Crippen LogP contribution in [0.3, 0.4) is 0 Å². The average molecular weight is 318 g/mol. The lowest BCUT2D eigenvalue weighted by molar-refractivity contribution is 0.0955. The first-order valence-corrected chi connectivity index (χ1v) is 8.37. The molecule has 24 heavy (non-hydrogen) atoms. The fraction of sp³-hybridized carbons (Fsp3) is 0.238. The van der Waals surface area contributed by atoms with Crippen LogP contribution in [0.4, 0.5) is 0 Å². The molecular formula is C21H22N2O. The van der Waals surface area contributed by atoms with Gasteiger partial charge < -0.3 is 5.32 Å². The third-order valence-corrected chi connectivity index (χ3v) is 4.11. The van der Waals surface area contributed by atoms with E-state index in [1.165, 1.54) is 5.56 Å². The Bertz CT molecular complexity index is 841. The largest absolute Gasteiger partial charge is 0.352 e. The summed E-state index contributed by atoms with van der Waals surface area (Å²) in [5.41, 5.74) is 3.75. The highest BCUT2D eigenvalue weighted by Gasteiger charge is 2.14. The predicted octanol–water partition coefficient (Wildman–Crippen LogP) is 4.33. The first kappa shape index (κ1) is 16.2. The third-order valence-electron chi connectivity index (χ3n) is 4.11. The van der Waals surface area contributed by atoms with Crippen LogP contribution in [0.5, 0.6) is 0 Å². The van der Waals surface area contributed by atoms with Crippen molar-refractivity contribution in [3.8, 4) is 0 Å². The number of amides is 1. The lowest BCUT2D eigenvalue weighted by Crippen LogP contribution is -2.26. The summed E-state index contributed by atoms with van der Waals surface area (Å²) in [7, 11) is 0. The molecule has 1 aromatic heterocycles. The summed E-state index contributed by atoms with van der Waals surface area (Å²) in [6.45, 7) is 4.80. The number of nitrogens with zero attached hydrogens (tertiary/aromatic N) is 1. The first-order valence-electron chi connectivity index (χ1n) is 8.37. The normalized spacial score (nSPS) is 11.0. The molecule has 3 rings (SSSR count).